The molecule has 0 N–H and O–H groups in total. The van der Waals surface area contributed by atoms with Crippen LogP contribution in [0.15, 0.2) is 34.4 Å². The predicted octanol–water partition coefficient (Wildman–Crippen LogP) is 4.66. The van der Waals surface area contributed by atoms with Crippen LogP contribution in [0.3, 0.4) is 0 Å². The van der Waals surface area contributed by atoms with Gasteiger partial charge in [0, 0.05) is 0 Å². The Morgan fingerprint density at radius 3 is 2.30 bits per heavy atom. The fourth-order valence-corrected chi connectivity index (χ4v) is 7.35. The number of rotatable bonds is 8. The molecule has 112 valence electrons. The second kappa shape index (κ2) is 8.44. The third-order valence-corrected chi connectivity index (χ3v) is 10.8. The fraction of sp³-hybridized carbons (Fsp3) is 0.500. The average molecular weight is 448 g/mol. The van der Waals surface area contributed by atoms with E-state index in [0.717, 1.165) is 17.7 Å². The molecule has 0 bridgehead atoms. The van der Waals surface area contributed by atoms with Gasteiger partial charge in [0.1, 0.15) is 0 Å². The van der Waals surface area contributed by atoms with E-state index in [9.17, 15) is 0 Å². The summed E-state index contributed by atoms with van der Waals surface area (Å²) in [5.41, 5.74) is 1.17. The second-order valence-corrected chi connectivity index (χ2v) is 21.3. The van der Waals surface area contributed by atoms with Crippen LogP contribution < -0.4 is 4.74 Å². The SMILES string of the molecule is C=[C]([C@H](CBr)COCc1ccc(OC)cc1)[Sn]([CH3])([CH3])[CH3]. The van der Waals surface area contributed by atoms with Gasteiger partial charge in [0.15, 0.2) is 0 Å². The van der Waals surface area contributed by atoms with Crippen molar-refractivity contribution in [2.75, 3.05) is 19.0 Å². The maximum absolute atomic E-state index is 5.86. The summed E-state index contributed by atoms with van der Waals surface area (Å²) in [7, 11) is 1.68. The Labute approximate surface area is 135 Å². The molecule has 1 aromatic carbocycles. The maximum atomic E-state index is 5.86. The molecule has 20 heavy (non-hydrogen) atoms. The van der Waals surface area contributed by atoms with Gasteiger partial charge in [-0.15, -0.1) is 0 Å². The zero-order valence-corrected chi connectivity index (χ0v) is 17.3. The van der Waals surface area contributed by atoms with E-state index in [0.29, 0.717) is 12.5 Å². The topological polar surface area (TPSA) is 18.5 Å². The summed E-state index contributed by atoms with van der Waals surface area (Å²) in [5.74, 6) is 1.31. The van der Waals surface area contributed by atoms with E-state index >= 15 is 0 Å². The van der Waals surface area contributed by atoms with Crippen LogP contribution in [0.2, 0.25) is 14.8 Å². The first-order valence-electron chi connectivity index (χ1n) is 6.84. The number of ether oxygens (including phenoxy) is 2. The summed E-state index contributed by atoms with van der Waals surface area (Å²) in [4.78, 5) is 7.20. The Bertz CT molecular complexity index is 423. The molecule has 0 aliphatic carbocycles. The Balaban J connectivity index is 2.47. The third kappa shape index (κ3) is 5.78. The zero-order chi connectivity index (χ0) is 15.2. The van der Waals surface area contributed by atoms with E-state index in [1.807, 2.05) is 24.3 Å². The van der Waals surface area contributed by atoms with Gasteiger partial charge in [-0.3, -0.25) is 0 Å². The number of hydrogen-bond acceptors (Lipinski definition) is 2. The summed E-state index contributed by atoms with van der Waals surface area (Å²) < 4.78 is 12.4. The summed E-state index contributed by atoms with van der Waals surface area (Å²) >= 11 is 1.56. The molecule has 0 aromatic heterocycles. The van der Waals surface area contributed by atoms with Crippen molar-refractivity contribution >= 4 is 34.3 Å². The van der Waals surface area contributed by atoms with E-state index in [1.54, 1.807) is 7.11 Å². The van der Waals surface area contributed by atoms with Crippen LogP contribution >= 0.6 is 15.9 Å². The molecule has 0 unspecified atom stereocenters. The van der Waals surface area contributed by atoms with Crippen molar-refractivity contribution in [3.05, 3.63) is 40.0 Å². The third-order valence-electron chi connectivity index (χ3n) is 3.39. The van der Waals surface area contributed by atoms with Gasteiger partial charge < -0.3 is 0 Å². The van der Waals surface area contributed by atoms with Crippen molar-refractivity contribution in [3.63, 3.8) is 0 Å². The van der Waals surface area contributed by atoms with Gasteiger partial charge in [0.2, 0.25) is 0 Å². The standard InChI is InChI=1S/C13H16BrO2.3CH3.Sn/c1-3-11(8-14)9-16-10-12-4-6-13(15-2)7-5-12;;;;/h4-7,11H,1,8-10H2,2H3;3*1H3;/t11-;;;;/m1..../s1. The van der Waals surface area contributed by atoms with Crippen LogP contribution in [0.25, 0.3) is 0 Å². The van der Waals surface area contributed by atoms with Crippen LogP contribution in [0, 0.1) is 5.92 Å². The molecule has 2 nitrogen and oxygen atoms in total. The molecule has 0 heterocycles. The van der Waals surface area contributed by atoms with Crippen LogP contribution in [-0.2, 0) is 11.3 Å². The van der Waals surface area contributed by atoms with Crippen LogP contribution in [0.1, 0.15) is 5.56 Å². The van der Waals surface area contributed by atoms with Gasteiger partial charge in [-0.2, -0.15) is 0 Å². The van der Waals surface area contributed by atoms with Crippen molar-refractivity contribution < 1.29 is 9.47 Å². The van der Waals surface area contributed by atoms with Crippen molar-refractivity contribution in [1.29, 1.82) is 0 Å². The summed E-state index contributed by atoms with van der Waals surface area (Å²) in [5, 5.41) is 0.933. The molecule has 0 aliphatic heterocycles. The Morgan fingerprint density at radius 1 is 1.25 bits per heavy atom. The van der Waals surface area contributed by atoms with Crippen molar-refractivity contribution in [1.82, 2.24) is 0 Å². The average Bonchev–Trinajstić information content (AvgIpc) is 2.42. The van der Waals surface area contributed by atoms with Crippen molar-refractivity contribution in [3.8, 4) is 5.75 Å². The fourth-order valence-electron chi connectivity index (χ4n) is 1.89. The van der Waals surface area contributed by atoms with E-state index in [4.69, 9.17) is 9.47 Å². The summed E-state index contributed by atoms with van der Waals surface area (Å²) in [6, 6.07) is 8.01. The molecular formula is C16H25BrO2Sn. The van der Waals surface area contributed by atoms with Gasteiger partial charge in [0.05, 0.1) is 0 Å². The van der Waals surface area contributed by atoms with Gasteiger partial charge in [-0.05, 0) is 0 Å². The zero-order valence-electron chi connectivity index (χ0n) is 12.9. The molecule has 1 aromatic rings. The molecule has 0 amide bonds. The molecule has 0 saturated heterocycles. The quantitative estimate of drug-likeness (QED) is 0.426. The first kappa shape index (κ1) is 18.0. The second-order valence-electron chi connectivity index (χ2n) is 5.99. The monoisotopic (exact) mass is 448 g/mol. The van der Waals surface area contributed by atoms with Gasteiger partial charge in [-0.1, -0.05) is 0 Å². The first-order chi connectivity index (χ1) is 9.38. The number of alkyl halides is 1. The van der Waals surface area contributed by atoms with Gasteiger partial charge in [0.25, 0.3) is 0 Å². The van der Waals surface area contributed by atoms with E-state index in [2.05, 4.69) is 37.3 Å². The number of halogens is 1. The molecule has 0 spiro atoms. The Morgan fingerprint density at radius 2 is 1.85 bits per heavy atom. The number of benzene rings is 1. The van der Waals surface area contributed by atoms with E-state index in [1.165, 1.54) is 9.15 Å². The van der Waals surface area contributed by atoms with Gasteiger partial charge in [-0.25, -0.2) is 0 Å². The minimum absolute atomic E-state index is 0.434. The molecule has 1 rings (SSSR count). The number of methoxy groups -OCH3 is 1. The van der Waals surface area contributed by atoms with Gasteiger partial charge >= 0.3 is 136 Å². The molecule has 1 atom stereocenters. The molecular weight excluding hydrogens is 423 g/mol. The van der Waals surface area contributed by atoms with Crippen LogP contribution in [-0.4, -0.2) is 37.4 Å². The molecule has 0 radical (unpaired) electrons. The molecule has 0 fully saturated rings. The van der Waals surface area contributed by atoms with E-state index in [-0.39, 0.29) is 0 Å². The van der Waals surface area contributed by atoms with Crippen molar-refractivity contribution in [2.24, 2.45) is 5.92 Å². The Hall–Kier alpha value is -0.00130. The molecule has 0 aliphatic rings. The molecule has 0 saturated carbocycles. The van der Waals surface area contributed by atoms with Crippen LogP contribution in [0.5, 0.6) is 5.75 Å². The Kier molecular flexibility index (Phi) is 7.62. The number of hydrogen-bond donors (Lipinski definition) is 0. The minimum atomic E-state index is -2.03. The normalized spacial score (nSPS) is 13.1. The van der Waals surface area contributed by atoms with E-state index < -0.39 is 18.4 Å². The van der Waals surface area contributed by atoms with Crippen LogP contribution in [0.4, 0.5) is 0 Å². The predicted molar refractivity (Wildman–Crippen MR) is 92.4 cm³/mol. The molecule has 4 heteroatoms. The summed E-state index contributed by atoms with van der Waals surface area (Å²) in [6.07, 6.45) is 0. The first-order valence-corrected chi connectivity index (χ1v) is 18.0. The summed E-state index contributed by atoms with van der Waals surface area (Å²) in [6.45, 7) is 5.69. The van der Waals surface area contributed by atoms with Crippen molar-refractivity contribution in [2.45, 2.75) is 21.4 Å².